The van der Waals surface area contributed by atoms with Gasteiger partial charge in [0, 0.05) is 6.26 Å². The Balaban J connectivity index is 2.55. The highest BCUT2D eigenvalue weighted by molar-refractivity contribution is 7.90. The van der Waals surface area contributed by atoms with Gasteiger partial charge in [-0.1, -0.05) is 0 Å². The van der Waals surface area contributed by atoms with Gasteiger partial charge in [0.15, 0.2) is 5.82 Å². The van der Waals surface area contributed by atoms with Crippen molar-refractivity contribution in [2.75, 3.05) is 17.7 Å². The summed E-state index contributed by atoms with van der Waals surface area (Å²) in [4.78, 5) is 1.26. The number of nitrogen functional groups attached to an aromatic ring is 1. The predicted octanol–water partition coefficient (Wildman–Crippen LogP) is -1.10. The standard InChI is InChI=1S/C5H10N4O2S/c1-12(10,11)3-2-9-7-4-5(6)8-9/h4H,2-3H2,1H3,(H2,6,8). The SMILES string of the molecule is CS(=O)(=O)CCn1ncc(N)n1. The molecular formula is C5H10N4O2S. The van der Waals surface area contributed by atoms with Crippen LogP contribution in [0.25, 0.3) is 0 Å². The maximum atomic E-state index is 10.7. The van der Waals surface area contributed by atoms with Crippen molar-refractivity contribution in [3.8, 4) is 0 Å². The topological polar surface area (TPSA) is 90.9 Å². The van der Waals surface area contributed by atoms with Crippen molar-refractivity contribution in [1.82, 2.24) is 15.0 Å². The molecule has 0 aromatic carbocycles. The fourth-order valence-corrected chi connectivity index (χ4v) is 1.16. The third-order valence-corrected chi connectivity index (χ3v) is 2.14. The summed E-state index contributed by atoms with van der Waals surface area (Å²) in [6.45, 7) is 0.246. The lowest BCUT2D eigenvalue weighted by Crippen LogP contribution is -2.13. The molecule has 0 aliphatic heterocycles. The highest BCUT2D eigenvalue weighted by Crippen LogP contribution is 1.92. The van der Waals surface area contributed by atoms with Crippen molar-refractivity contribution in [1.29, 1.82) is 0 Å². The predicted molar refractivity (Wildman–Crippen MR) is 44.1 cm³/mol. The Kier molecular flexibility index (Phi) is 2.32. The summed E-state index contributed by atoms with van der Waals surface area (Å²) in [5, 5.41) is 7.47. The molecule has 1 heterocycles. The highest BCUT2D eigenvalue weighted by atomic mass is 32.2. The van der Waals surface area contributed by atoms with Gasteiger partial charge in [-0.25, -0.2) is 8.42 Å². The number of nitrogens with two attached hydrogens (primary N) is 1. The molecule has 1 aromatic rings. The summed E-state index contributed by atoms with van der Waals surface area (Å²) in [6, 6.07) is 0. The summed E-state index contributed by atoms with van der Waals surface area (Å²) in [6.07, 6.45) is 2.54. The van der Waals surface area contributed by atoms with E-state index < -0.39 is 9.84 Å². The Hall–Kier alpha value is -1.11. The summed E-state index contributed by atoms with van der Waals surface area (Å²) in [7, 11) is -2.95. The third-order valence-electron chi connectivity index (χ3n) is 1.22. The van der Waals surface area contributed by atoms with Gasteiger partial charge in [0.1, 0.15) is 9.84 Å². The van der Waals surface area contributed by atoms with E-state index in [2.05, 4.69) is 10.2 Å². The van der Waals surface area contributed by atoms with Crippen molar-refractivity contribution in [3.63, 3.8) is 0 Å². The lowest BCUT2D eigenvalue weighted by molar-refractivity contribution is 0.552. The Labute approximate surface area is 70.3 Å². The molecular weight excluding hydrogens is 180 g/mol. The molecule has 0 fully saturated rings. The molecule has 0 saturated carbocycles. The number of hydrogen-bond acceptors (Lipinski definition) is 5. The monoisotopic (exact) mass is 190 g/mol. The molecule has 0 radical (unpaired) electrons. The number of anilines is 1. The fourth-order valence-electron chi connectivity index (χ4n) is 0.666. The maximum absolute atomic E-state index is 10.7. The van der Waals surface area contributed by atoms with Gasteiger partial charge >= 0.3 is 0 Å². The van der Waals surface area contributed by atoms with Crippen LogP contribution in [0.4, 0.5) is 5.82 Å². The van der Waals surface area contributed by atoms with Crippen LogP contribution in [0.5, 0.6) is 0 Å². The Bertz CT molecular complexity index is 355. The molecule has 0 saturated heterocycles. The molecule has 68 valence electrons. The van der Waals surface area contributed by atoms with Crippen LogP contribution in [0.15, 0.2) is 6.20 Å². The number of sulfone groups is 1. The van der Waals surface area contributed by atoms with Crippen molar-refractivity contribution in [2.45, 2.75) is 6.54 Å². The largest absolute Gasteiger partial charge is 0.381 e. The van der Waals surface area contributed by atoms with Crippen LogP contribution in [-0.2, 0) is 16.4 Å². The zero-order valence-electron chi connectivity index (χ0n) is 6.64. The molecule has 1 aromatic heterocycles. The Morgan fingerprint density at radius 3 is 2.75 bits per heavy atom. The van der Waals surface area contributed by atoms with Gasteiger partial charge in [0.05, 0.1) is 18.5 Å². The zero-order valence-corrected chi connectivity index (χ0v) is 7.45. The first-order valence-corrected chi connectivity index (χ1v) is 5.37. The molecule has 0 bridgehead atoms. The summed E-state index contributed by atoms with van der Waals surface area (Å²) >= 11 is 0. The number of aryl methyl sites for hydroxylation is 1. The molecule has 6 nitrogen and oxygen atoms in total. The third kappa shape index (κ3) is 2.87. The van der Waals surface area contributed by atoms with Crippen LogP contribution >= 0.6 is 0 Å². The van der Waals surface area contributed by atoms with Crippen LogP contribution in [0, 0.1) is 0 Å². The quantitative estimate of drug-likeness (QED) is 0.653. The van der Waals surface area contributed by atoms with Crippen molar-refractivity contribution in [3.05, 3.63) is 6.20 Å². The van der Waals surface area contributed by atoms with E-state index in [1.165, 1.54) is 17.2 Å². The molecule has 0 aliphatic rings. The molecule has 1 rings (SSSR count). The van der Waals surface area contributed by atoms with Gasteiger partial charge in [-0.2, -0.15) is 9.90 Å². The van der Waals surface area contributed by atoms with Crippen molar-refractivity contribution in [2.24, 2.45) is 0 Å². The number of aromatic nitrogens is 3. The molecule has 0 atom stereocenters. The van der Waals surface area contributed by atoms with Gasteiger partial charge in [0.2, 0.25) is 0 Å². The van der Waals surface area contributed by atoms with Crippen molar-refractivity contribution >= 4 is 15.7 Å². The average Bonchev–Trinajstić information content (AvgIpc) is 2.30. The Morgan fingerprint density at radius 1 is 1.67 bits per heavy atom. The molecule has 0 amide bonds. The van der Waals surface area contributed by atoms with Gasteiger partial charge in [0.25, 0.3) is 0 Å². The smallest absolute Gasteiger partial charge is 0.165 e. The maximum Gasteiger partial charge on any atom is 0.165 e. The van der Waals surface area contributed by atoms with E-state index in [-0.39, 0.29) is 12.3 Å². The summed E-state index contributed by atoms with van der Waals surface area (Å²) < 4.78 is 21.4. The van der Waals surface area contributed by atoms with E-state index >= 15 is 0 Å². The Morgan fingerprint density at radius 2 is 2.33 bits per heavy atom. The highest BCUT2D eigenvalue weighted by Gasteiger charge is 2.03. The summed E-state index contributed by atoms with van der Waals surface area (Å²) in [5.41, 5.74) is 5.27. The first-order valence-electron chi connectivity index (χ1n) is 3.31. The first kappa shape index (κ1) is 8.98. The van der Waals surface area contributed by atoms with Gasteiger partial charge in [-0.15, -0.1) is 5.10 Å². The van der Waals surface area contributed by atoms with Crippen LogP contribution in [-0.4, -0.2) is 35.4 Å². The van der Waals surface area contributed by atoms with Gasteiger partial charge in [-0.05, 0) is 0 Å². The average molecular weight is 190 g/mol. The molecule has 12 heavy (non-hydrogen) atoms. The van der Waals surface area contributed by atoms with Crippen LogP contribution < -0.4 is 5.73 Å². The minimum atomic E-state index is -2.95. The van der Waals surface area contributed by atoms with E-state index in [4.69, 9.17) is 5.73 Å². The van der Waals surface area contributed by atoms with Crippen LogP contribution in [0.3, 0.4) is 0 Å². The second-order valence-corrected chi connectivity index (χ2v) is 4.75. The molecule has 0 unspecified atom stereocenters. The number of rotatable bonds is 3. The van der Waals surface area contributed by atoms with E-state index in [0.29, 0.717) is 5.82 Å². The second-order valence-electron chi connectivity index (χ2n) is 2.50. The molecule has 0 spiro atoms. The lowest BCUT2D eigenvalue weighted by atomic mass is 10.8. The fraction of sp³-hybridized carbons (Fsp3) is 0.600. The van der Waals surface area contributed by atoms with Crippen LogP contribution in [0.1, 0.15) is 0 Å². The molecule has 0 aliphatic carbocycles. The second kappa shape index (κ2) is 3.10. The zero-order chi connectivity index (χ0) is 9.19. The molecule has 2 N–H and O–H groups in total. The van der Waals surface area contributed by atoms with Gasteiger partial charge < -0.3 is 5.73 Å². The minimum Gasteiger partial charge on any atom is -0.381 e. The lowest BCUT2D eigenvalue weighted by Gasteiger charge is -1.96. The first-order chi connectivity index (χ1) is 5.47. The number of nitrogens with zero attached hydrogens (tertiary/aromatic N) is 3. The van der Waals surface area contributed by atoms with E-state index in [9.17, 15) is 8.42 Å². The van der Waals surface area contributed by atoms with Crippen LogP contribution in [0.2, 0.25) is 0 Å². The number of hydrogen-bond donors (Lipinski definition) is 1. The van der Waals surface area contributed by atoms with Gasteiger partial charge in [-0.3, -0.25) is 0 Å². The van der Waals surface area contributed by atoms with E-state index in [0.717, 1.165) is 0 Å². The molecule has 7 heteroatoms. The van der Waals surface area contributed by atoms with E-state index in [1.54, 1.807) is 0 Å². The summed E-state index contributed by atoms with van der Waals surface area (Å²) in [5.74, 6) is 0.324. The minimum absolute atomic E-state index is 0.0289. The normalized spacial score (nSPS) is 11.8. The van der Waals surface area contributed by atoms with E-state index in [1.807, 2.05) is 0 Å². The van der Waals surface area contributed by atoms with Crippen molar-refractivity contribution < 1.29 is 8.42 Å².